The van der Waals surface area contributed by atoms with Crippen LogP contribution in [0.1, 0.15) is 149 Å². The molecule has 0 bridgehead atoms. The standard InChI is InChI=1S/C99H136N24O19S/c1-52(2)41-70-86(131)111-68(29-21-39-106-98(102)103)85(130)114-71(42-53(3)4)91(136)121-81(55(7)8)95(140)122-82(58(11)124)96(141)119-77(93(138)109-56(9)83(101)128)50-143-51-78(125)110-72(43-59-23-15-13-16-24-59)87(132)115-73(44-60-31-33-62(48-100)34-32-60)89(134)117-76(47-79(126)127)90(135)116-75(46-65-49-108-67-28-20-19-27-66(65)67)92(137)120-80(54(5)6)94(139)118-74(45-61-35-37-64(38-36-61)63-25-17-14-18-26-63)88(133)112-69(30-22-40-107-99(104)105)97(142)123(12)57(10)84(129)113-70/h13-20,23-28,31-38,49,52-58,68-77,80-82,108,124H,21-22,29-30,39-47,50-51H2,1-12H3,(H2,101,128)(H,109,138)(H,110,125)(H,111,131)(H,112,133)(H,113,129)(H,114,130)(H,115,132)(H,116,135)(H,117,134)(H,118,139)(H,119,141)(H,120,137)(H,121,136)(H,122,140)(H,126,127)(H4,102,103,106)(H4,104,105,107)/t56-,57-,58+,68-,69-,70+,71-,72-,73-,74-,75-,76-,77-,80-,81-,82-/m0/s1. The number of carbonyl (C=O) groups is 17. The molecule has 0 aliphatic carbocycles. The molecule has 43 nitrogen and oxygen atoms in total. The van der Waals surface area contributed by atoms with Crippen LogP contribution >= 0.6 is 11.8 Å². The van der Waals surface area contributed by atoms with Crippen molar-refractivity contribution in [3.05, 3.63) is 167 Å². The van der Waals surface area contributed by atoms with Gasteiger partial charge in [-0.05, 0) is 135 Å². The van der Waals surface area contributed by atoms with Crippen molar-refractivity contribution < 1.29 is 91.7 Å². The van der Waals surface area contributed by atoms with Gasteiger partial charge in [0.15, 0.2) is 11.9 Å². The van der Waals surface area contributed by atoms with E-state index >= 15 is 33.6 Å². The van der Waals surface area contributed by atoms with Gasteiger partial charge in [-0.25, -0.2) is 0 Å². The number of benzene rings is 5. The largest absolute Gasteiger partial charge is 0.481 e. The number of aromatic nitrogens is 1. The number of rotatable bonds is 29. The third kappa shape index (κ3) is 37.2. The number of aromatic amines is 1. The van der Waals surface area contributed by atoms with Crippen LogP contribution in [0.15, 0.2) is 140 Å². The number of carboxylic acids is 1. The number of aliphatic hydroxyl groups is 1. The van der Waals surface area contributed by atoms with Crippen LogP contribution in [0.4, 0.5) is 0 Å². The second-order valence-electron chi connectivity index (χ2n) is 37.0. The smallest absolute Gasteiger partial charge is 0.305 e. The first-order valence-electron chi connectivity index (χ1n) is 47.4. The van der Waals surface area contributed by atoms with Crippen molar-refractivity contribution in [3.8, 4) is 17.2 Å². The summed E-state index contributed by atoms with van der Waals surface area (Å²) in [4.78, 5) is 255. The number of nitrogens with zero attached hydrogens (tertiary/aromatic N) is 2. The summed E-state index contributed by atoms with van der Waals surface area (Å²) in [6.45, 7) is 16.8. The maximum atomic E-state index is 15.5. The number of thioether (sulfide) groups is 1. The van der Waals surface area contributed by atoms with Crippen molar-refractivity contribution in [2.24, 2.45) is 40.9 Å². The van der Waals surface area contributed by atoms with Crippen molar-refractivity contribution >= 4 is 135 Å². The molecule has 16 amide bonds. The third-order valence-corrected chi connectivity index (χ3v) is 24.7. The number of hydrogen-bond donors (Lipinski definition) is 24. The predicted octanol–water partition coefficient (Wildman–Crippen LogP) is -0.350. The Morgan fingerprint density at radius 2 is 0.867 bits per heavy atom. The molecular weight excluding hydrogens is 1860 g/mol. The molecule has 2 heterocycles. The molecule has 772 valence electrons. The number of nitrogens with two attached hydrogens (primary N) is 3. The summed E-state index contributed by atoms with van der Waals surface area (Å²) in [5.74, 6) is -22.2. The fourth-order valence-corrected chi connectivity index (χ4v) is 16.5. The van der Waals surface area contributed by atoms with E-state index in [1.165, 1.54) is 59.0 Å². The Labute approximate surface area is 834 Å². The molecule has 6 aromatic rings. The molecule has 27 N–H and O–H groups in total. The van der Waals surface area contributed by atoms with E-state index in [0.717, 1.165) is 23.0 Å². The number of para-hydroxylation sites is 1. The van der Waals surface area contributed by atoms with Gasteiger partial charge in [0.05, 0.1) is 29.9 Å². The zero-order valence-electron chi connectivity index (χ0n) is 82.3. The van der Waals surface area contributed by atoms with Crippen LogP contribution in [0.2, 0.25) is 0 Å². The maximum Gasteiger partial charge on any atom is 0.305 e. The topological polar surface area (TPSA) is 692 Å². The molecule has 0 unspecified atom stereocenters. The van der Waals surface area contributed by atoms with E-state index in [0.29, 0.717) is 44.9 Å². The number of guanidine groups is 2. The van der Waals surface area contributed by atoms with Crippen LogP contribution in [0.25, 0.3) is 22.0 Å². The minimum absolute atomic E-state index is 0.00448. The summed E-state index contributed by atoms with van der Waals surface area (Å²) in [5, 5.41) is 90.0. The number of carboxylic acid groups (broad SMARTS) is 1. The van der Waals surface area contributed by atoms with Gasteiger partial charge in [0.2, 0.25) is 94.5 Å². The Balaban J connectivity index is 1.36. The lowest BCUT2D eigenvalue weighted by Gasteiger charge is -2.32. The van der Waals surface area contributed by atoms with Crippen molar-refractivity contribution in [1.29, 1.82) is 16.1 Å². The highest BCUT2D eigenvalue weighted by Gasteiger charge is 2.42. The summed E-state index contributed by atoms with van der Waals surface area (Å²) in [7, 11) is 1.27. The lowest BCUT2D eigenvalue weighted by Crippen LogP contribution is -2.62. The molecular formula is C99H136N24O19S. The van der Waals surface area contributed by atoms with Crippen LogP contribution in [0.5, 0.6) is 0 Å². The highest BCUT2D eigenvalue weighted by atomic mass is 32.2. The molecule has 0 radical (unpaired) electrons. The number of nitrogens with one attached hydrogen (secondary N) is 19. The van der Waals surface area contributed by atoms with E-state index in [1.54, 1.807) is 127 Å². The van der Waals surface area contributed by atoms with Gasteiger partial charge in [0.25, 0.3) is 0 Å². The van der Waals surface area contributed by atoms with E-state index in [1.807, 2.05) is 36.4 Å². The van der Waals surface area contributed by atoms with E-state index in [4.69, 9.17) is 28.0 Å². The van der Waals surface area contributed by atoms with Crippen LogP contribution in [-0.2, 0) is 107 Å². The zero-order chi connectivity index (χ0) is 106. The van der Waals surface area contributed by atoms with Crippen LogP contribution in [0.3, 0.4) is 0 Å². The van der Waals surface area contributed by atoms with E-state index in [2.05, 4.69) is 90.1 Å². The fraction of sp³-hybridized carbons (Fsp3) is 0.475. The number of aliphatic carboxylic acids is 1. The molecule has 1 saturated heterocycles. The van der Waals surface area contributed by atoms with Crippen molar-refractivity contribution in [1.82, 2.24) is 95.0 Å². The average Bonchev–Trinajstić information content (AvgIpc) is 1.72. The summed E-state index contributed by atoms with van der Waals surface area (Å²) < 4.78 is 0. The van der Waals surface area contributed by atoms with Gasteiger partial charge in [-0.2, -0.15) is 5.26 Å². The quantitative estimate of drug-likeness (QED) is 0.0162. The van der Waals surface area contributed by atoms with Gasteiger partial charge in [-0.1, -0.05) is 171 Å². The number of hydrogen-bond acceptors (Lipinski definition) is 22. The summed E-state index contributed by atoms with van der Waals surface area (Å²) in [5.41, 5.74) is 20.9. The van der Waals surface area contributed by atoms with Crippen molar-refractivity contribution in [2.45, 2.75) is 244 Å². The first-order chi connectivity index (χ1) is 67.7. The van der Waals surface area contributed by atoms with Gasteiger partial charge in [-0.3, -0.25) is 92.3 Å². The van der Waals surface area contributed by atoms with Gasteiger partial charge >= 0.3 is 5.97 Å². The summed E-state index contributed by atoms with van der Waals surface area (Å²) in [6.07, 6.45) is -3.20. The Morgan fingerprint density at radius 1 is 0.469 bits per heavy atom. The van der Waals surface area contributed by atoms with Crippen LogP contribution in [0, 0.1) is 45.8 Å². The second-order valence-corrected chi connectivity index (χ2v) is 38.0. The molecule has 1 aromatic heterocycles. The minimum Gasteiger partial charge on any atom is -0.481 e. The number of fused-ring (bicyclic) bond motifs is 1. The van der Waals surface area contributed by atoms with Crippen LogP contribution in [-0.4, -0.2) is 261 Å². The highest BCUT2D eigenvalue weighted by Crippen LogP contribution is 2.24. The molecule has 5 aromatic carbocycles. The normalized spacial score (nSPS) is 22.8. The van der Waals surface area contributed by atoms with Gasteiger partial charge in [0, 0.05) is 68.7 Å². The Hall–Kier alpha value is -15.0. The average molecular weight is 2000 g/mol. The summed E-state index contributed by atoms with van der Waals surface area (Å²) in [6, 6.07) is 14.7. The first-order valence-corrected chi connectivity index (χ1v) is 48.5. The summed E-state index contributed by atoms with van der Waals surface area (Å²) >= 11 is 0.708. The molecule has 44 heteroatoms. The Bertz CT molecular complexity index is 5490. The maximum absolute atomic E-state index is 15.5. The Kier molecular flexibility index (Phi) is 45.4. The molecule has 7 rings (SSSR count). The number of amides is 16. The lowest BCUT2D eigenvalue weighted by molar-refractivity contribution is -0.143. The molecule has 1 aliphatic heterocycles. The number of primary amides is 1. The third-order valence-electron chi connectivity index (χ3n) is 23.7. The molecule has 1 aliphatic rings. The van der Waals surface area contributed by atoms with E-state index < -0.39 is 245 Å². The van der Waals surface area contributed by atoms with Crippen molar-refractivity contribution in [3.63, 3.8) is 0 Å². The van der Waals surface area contributed by atoms with Crippen molar-refractivity contribution in [2.75, 3.05) is 31.6 Å². The fourth-order valence-electron chi connectivity index (χ4n) is 15.6. The minimum atomic E-state index is -2.09. The van der Waals surface area contributed by atoms with Gasteiger partial charge in [0.1, 0.15) is 90.6 Å². The second kappa shape index (κ2) is 56.4. The number of carbonyl (C=O) groups excluding carboxylic acids is 16. The monoisotopic (exact) mass is 2000 g/mol. The highest BCUT2D eigenvalue weighted by molar-refractivity contribution is 8.00. The van der Waals surface area contributed by atoms with E-state index in [9.17, 15) is 63.4 Å². The SMILES string of the molecule is CC(C)C[C@@H]1NC(=O)[C@H](CCCNC(=N)N)NC(=O)[C@@H](CC(C)C)NC(=O)[C@H](C)N(C)C(=O)[C@H](CCCNC(=N)N)NC(=O)[C@H](Cc2ccc(-c3ccccc3)cc2)NC(=O)[C@H](C(C)C)NC(=O)[C@H](Cc2c[nH]c3ccccc23)NC(=O)[C@H](CC(=O)O)NC(=O)[C@H](Cc2ccc(C#N)cc2)NC(=O)[C@H](Cc2ccccc2)NC(=O)CSC[C@@H](C(=O)N[C@@H](C)C(N)=O)NC(=O)[C@H]([C@@H](C)O)NC(=O)[C@H](C(C)C)NC1=O. The molecule has 1 fully saturated rings. The lowest BCUT2D eigenvalue weighted by atomic mass is 9.98. The zero-order valence-corrected chi connectivity index (χ0v) is 83.1. The Morgan fingerprint density at radius 3 is 1.38 bits per heavy atom. The molecule has 143 heavy (non-hydrogen) atoms. The molecule has 0 saturated carbocycles. The molecule has 0 spiro atoms. The molecule has 16 atom stereocenters. The number of H-pyrrole nitrogens is 1. The van der Waals surface area contributed by atoms with Crippen LogP contribution < -0.4 is 102 Å². The predicted molar refractivity (Wildman–Crippen MR) is 535 cm³/mol. The van der Waals surface area contributed by atoms with Gasteiger partial charge in [-0.15, -0.1) is 11.8 Å². The number of nitriles is 1. The van der Waals surface area contributed by atoms with Gasteiger partial charge < -0.3 is 122 Å². The number of aliphatic hydroxyl groups excluding tert-OH is 1. The number of likely N-dealkylation sites (N-methyl/N-ethyl adjacent to an activating group) is 1. The first kappa shape index (κ1) is 115. The van der Waals surface area contributed by atoms with E-state index in [-0.39, 0.29) is 88.3 Å².